The molecule has 20 heavy (non-hydrogen) atoms. The molecule has 0 fully saturated rings. The van der Waals surface area contributed by atoms with Crippen molar-refractivity contribution < 1.29 is 14.5 Å². The molecule has 1 aromatic carbocycles. The van der Waals surface area contributed by atoms with Crippen LogP contribution in [0.1, 0.15) is 26.5 Å². The van der Waals surface area contributed by atoms with E-state index in [2.05, 4.69) is 5.10 Å². The fraction of sp³-hybridized carbons (Fsp3) is 0.385. The van der Waals surface area contributed by atoms with E-state index in [9.17, 15) is 14.9 Å². The molecule has 0 saturated heterocycles. The Morgan fingerprint density at radius 2 is 2.05 bits per heavy atom. The zero-order valence-electron chi connectivity index (χ0n) is 11.7. The van der Waals surface area contributed by atoms with Gasteiger partial charge < -0.3 is 4.74 Å². The first-order valence-electron chi connectivity index (χ1n) is 6.07. The Morgan fingerprint density at radius 1 is 1.40 bits per heavy atom. The van der Waals surface area contributed by atoms with Crippen LogP contribution >= 0.6 is 0 Å². The van der Waals surface area contributed by atoms with Crippen LogP contribution in [0.5, 0.6) is 0 Å². The average Bonchev–Trinajstić information content (AvgIpc) is 2.65. The number of hydrogen-bond donors (Lipinski definition) is 0. The largest absolute Gasteiger partial charge is 0.442 e. The Labute approximate surface area is 115 Å². The smallest absolute Gasteiger partial charge is 0.435 e. The number of carbonyl (C=O) groups is 1. The first kappa shape index (κ1) is 14.0. The summed E-state index contributed by atoms with van der Waals surface area (Å²) in [6.45, 7) is 6.85. The van der Waals surface area contributed by atoms with Crippen LogP contribution in [-0.4, -0.2) is 26.4 Å². The van der Waals surface area contributed by atoms with Crippen LogP contribution in [0.3, 0.4) is 0 Å². The maximum absolute atomic E-state index is 12.1. The van der Waals surface area contributed by atoms with Gasteiger partial charge in [0.2, 0.25) is 0 Å². The van der Waals surface area contributed by atoms with Gasteiger partial charge in [0.15, 0.2) is 0 Å². The number of fused-ring (bicyclic) bond motifs is 1. The fourth-order valence-corrected chi connectivity index (χ4v) is 1.93. The van der Waals surface area contributed by atoms with E-state index in [0.29, 0.717) is 16.6 Å². The molecule has 0 aliphatic rings. The van der Waals surface area contributed by atoms with Crippen LogP contribution in [-0.2, 0) is 4.74 Å². The van der Waals surface area contributed by atoms with E-state index in [1.54, 1.807) is 33.8 Å². The number of nitrogens with zero attached hydrogens (tertiary/aromatic N) is 3. The molecule has 0 N–H and O–H groups in total. The van der Waals surface area contributed by atoms with E-state index in [0.717, 1.165) is 4.68 Å². The molecule has 7 heteroatoms. The van der Waals surface area contributed by atoms with Gasteiger partial charge in [-0.15, -0.1) is 0 Å². The predicted octanol–water partition coefficient (Wildman–Crippen LogP) is 3.04. The van der Waals surface area contributed by atoms with Gasteiger partial charge in [0.1, 0.15) is 11.0 Å². The summed E-state index contributed by atoms with van der Waals surface area (Å²) in [4.78, 5) is 22.6. The van der Waals surface area contributed by atoms with Crippen LogP contribution in [0.4, 0.5) is 10.5 Å². The molecular weight excluding hydrogens is 262 g/mol. The molecular formula is C13H15N3O4. The van der Waals surface area contributed by atoms with E-state index < -0.39 is 16.6 Å². The van der Waals surface area contributed by atoms with Gasteiger partial charge in [0.05, 0.1) is 16.1 Å². The van der Waals surface area contributed by atoms with Gasteiger partial charge in [-0.3, -0.25) is 10.1 Å². The zero-order chi connectivity index (χ0) is 15.1. The summed E-state index contributed by atoms with van der Waals surface area (Å²) in [6, 6.07) is 4.51. The highest BCUT2D eigenvalue weighted by atomic mass is 16.6. The second kappa shape index (κ2) is 4.59. The third-order valence-electron chi connectivity index (χ3n) is 2.62. The molecule has 0 amide bonds. The molecule has 0 bridgehead atoms. The summed E-state index contributed by atoms with van der Waals surface area (Å²) in [5, 5.41) is 15.4. The van der Waals surface area contributed by atoms with Crippen LogP contribution in [0, 0.1) is 17.0 Å². The zero-order valence-corrected chi connectivity index (χ0v) is 11.7. The molecule has 0 atom stereocenters. The van der Waals surface area contributed by atoms with E-state index >= 15 is 0 Å². The van der Waals surface area contributed by atoms with Crippen molar-refractivity contribution in [3.8, 4) is 0 Å². The third-order valence-corrected chi connectivity index (χ3v) is 2.62. The summed E-state index contributed by atoms with van der Waals surface area (Å²) in [5.74, 6) is 0. The van der Waals surface area contributed by atoms with Crippen LogP contribution < -0.4 is 0 Å². The van der Waals surface area contributed by atoms with E-state index in [-0.39, 0.29) is 5.69 Å². The number of carbonyl (C=O) groups excluding carboxylic acids is 1. The minimum absolute atomic E-state index is 0.0743. The molecule has 2 rings (SSSR count). The highest BCUT2D eigenvalue weighted by molar-refractivity contribution is 5.95. The first-order chi connectivity index (χ1) is 9.20. The standard InChI is InChI=1S/C13H15N3O4/c1-8-11-9(6-5-7-10(11)16(18)19)15(14-8)12(17)20-13(2,3)4/h5-7H,1-4H3. The van der Waals surface area contributed by atoms with Gasteiger partial charge in [0.25, 0.3) is 5.69 Å². The number of non-ortho nitro benzene ring substituents is 1. The number of nitro groups is 1. The van der Waals surface area contributed by atoms with Gasteiger partial charge in [-0.1, -0.05) is 6.07 Å². The van der Waals surface area contributed by atoms with Gasteiger partial charge in [0, 0.05) is 6.07 Å². The lowest BCUT2D eigenvalue weighted by atomic mass is 10.2. The lowest BCUT2D eigenvalue weighted by Gasteiger charge is -2.19. The van der Waals surface area contributed by atoms with Crippen molar-refractivity contribution in [2.75, 3.05) is 0 Å². The van der Waals surface area contributed by atoms with Gasteiger partial charge in [-0.25, -0.2) is 4.79 Å². The van der Waals surface area contributed by atoms with E-state index in [1.807, 2.05) is 0 Å². The topological polar surface area (TPSA) is 87.3 Å². The van der Waals surface area contributed by atoms with Crippen molar-refractivity contribution in [2.45, 2.75) is 33.3 Å². The number of aryl methyl sites for hydroxylation is 1. The fourth-order valence-electron chi connectivity index (χ4n) is 1.93. The predicted molar refractivity (Wildman–Crippen MR) is 72.8 cm³/mol. The normalized spacial score (nSPS) is 11.6. The molecule has 2 aromatic rings. The Morgan fingerprint density at radius 3 is 2.60 bits per heavy atom. The summed E-state index contributed by atoms with van der Waals surface area (Å²) in [5.41, 5.74) is 0.0446. The van der Waals surface area contributed by atoms with Crippen LogP contribution in [0.25, 0.3) is 10.9 Å². The minimum atomic E-state index is -0.663. The minimum Gasteiger partial charge on any atom is -0.442 e. The highest BCUT2D eigenvalue weighted by Gasteiger charge is 2.24. The molecule has 0 radical (unpaired) electrons. The van der Waals surface area contributed by atoms with Gasteiger partial charge in [-0.05, 0) is 33.8 Å². The number of aromatic nitrogens is 2. The molecule has 0 aliphatic carbocycles. The lowest BCUT2D eigenvalue weighted by molar-refractivity contribution is -0.383. The number of hydrogen-bond acceptors (Lipinski definition) is 5. The molecule has 0 saturated carbocycles. The maximum atomic E-state index is 12.1. The molecule has 1 aromatic heterocycles. The molecule has 106 valence electrons. The van der Waals surface area contributed by atoms with Crippen molar-refractivity contribution in [3.63, 3.8) is 0 Å². The maximum Gasteiger partial charge on any atom is 0.435 e. The third kappa shape index (κ3) is 2.47. The number of benzene rings is 1. The Hall–Kier alpha value is -2.44. The van der Waals surface area contributed by atoms with Crippen molar-refractivity contribution in [3.05, 3.63) is 34.0 Å². The van der Waals surface area contributed by atoms with E-state index in [1.165, 1.54) is 12.1 Å². The number of nitro benzene ring substituents is 1. The van der Waals surface area contributed by atoms with E-state index in [4.69, 9.17) is 4.74 Å². The summed E-state index contributed by atoms with van der Waals surface area (Å²) in [7, 11) is 0. The molecule has 7 nitrogen and oxygen atoms in total. The summed E-state index contributed by atoms with van der Waals surface area (Å²) < 4.78 is 6.30. The van der Waals surface area contributed by atoms with Crippen molar-refractivity contribution in [1.29, 1.82) is 0 Å². The second-order valence-electron chi connectivity index (χ2n) is 5.41. The van der Waals surface area contributed by atoms with Crippen LogP contribution in [0.15, 0.2) is 18.2 Å². The summed E-state index contributed by atoms with van der Waals surface area (Å²) in [6.07, 6.45) is -0.656. The number of ether oxygens (including phenoxy) is 1. The second-order valence-corrected chi connectivity index (χ2v) is 5.41. The van der Waals surface area contributed by atoms with Crippen molar-refractivity contribution in [1.82, 2.24) is 9.78 Å². The van der Waals surface area contributed by atoms with Gasteiger partial charge in [-0.2, -0.15) is 9.78 Å². The van der Waals surface area contributed by atoms with Crippen molar-refractivity contribution >= 4 is 22.7 Å². The molecule has 1 heterocycles. The SMILES string of the molecule is Cc1nn(C(=O)OC(C)(C)C)c2cccc([N+](=O)[O-])c12. The van der Waals surface area contributed by atoms with Crippen molar-refractivity contribution in [2.24, 2.45) is 0 Å². The number of rotatable bonds is 1. The monoisotopic (exact) mass is 277 g/mol. The Kier molecular flexibility index (Phi) is 3.21. The first-order valence-corrected chi connectivity index (χ1v) is 6.07. The Bertz CT molecular complexity index is 697. The molecule has 0 unspecified atom stereocenters. The molecule has 0 aliphatic heterocycles. The molecule has 0 spiro atoms. The lowest BCUT2D eigenvalue weighted by Crippen LogP contribution is -2.27. The quantitative estimate of drug-likeness (QED) is 0.590. The Balaban J connectivity index is 2.60. The van der Waals surface area contributed by atoms with Gasteiger partial charge >= 0.3 is 6.09 Å². The van der Waals surface area contributed by atoms with Crippen LogP contribution in [0.2, 0.25) is 0 Å². The average molecular weight is 277 g/mol. The highest BCUT2D eigenvalue weighted by Crippen LogP contribution is 2.28. The summed E-state index contributed by atoms with van der Waals surface area (Å²) >= 11 is 0.